The second-order valence-electron chi connectivity index (χ2n) is 7.28. The van der Waals surface area contributed by atoms with E-state index < -0.39 is 5.82 Å². The van der Waals surface area contributed by atoms with Gasteiger partial charge in [0.1, 0.15) is 0 Å². The fraction of sp³-hybridized carbons (Fsp3) is 0.0800. The molecule has 0 atom stereocenters. The van der Waals surface area contributed by atoms with Crippen molar-refractivity contribution in [2.45, 2.75) is 13.8 Å². The summed E-state index contributed by atoms with van der Waals surface area (Å²) in [4.78, 5) is 13.0. The molecule has 0 aliphatic carbocycles. The first-order valence-corrected chi connectivity index (χ1v) is 10.2. The quantitative estimate of drug-likeness (QED) is 0.478. The molecule has 8 heteroatoms. The number of aromatic nitrogens is 2. The average molecular weight is 443 g/mol. The summed E-state index contributed by atoms with van der Waals surface area (Å²) in [5.74, 6) is -0.639. The summed E-state index contributed by atoms with van der Waals surface area (Å²) in [6.45, 7) is 3.58. The number of carbonyl (C=O) groups excluding carboxylic acids is 1. The first-order chi connectivity index (χ1) is 16.0. The van der Waals surface area contributed by atoms with E-state index in [1.807, 2.05) is 37.3 Å². The zero-order valence-electron chi connectivity index (χ0n) is 18.1. The Balaban J connectivity index is 1.53. The second kappa shape index (κ2) is 9.35. The summed E-state index contributed by atoms with van der Waals surface area (Å²) in [5, 5.41) is 17.4. The molecule has 0 unspecified atom stereocenters. The number of para-hydroxylation sites is 1. The number of anilines is 1. The van der Waals surface area contributed by atoms with E-state index in [4.69, 9.17) is 10.1 Å². The molecule has 2 heterocycles. The highest BCUT2D eigenvalue weighted by Crippen LogP contribution is 2.26. The van der Waals surface area contributed by atoms with E-state index in [-0.39, 0.29) is 11.7 Å². The van der Waals surface area contributed by atoms with Crippen molar-refractivity contribution >= 4 is 17.8 Å². The molecule has 0 saturated heterocycles. The number of aryl methyl sites for hydroxylation is 1. The van der Waals surface area contributed by atoms with Crippen LogP contribution in [0.25, 0.3) is 5.69 Å². The van der Waals surface area contributed by atoms with Gasteiger partial charge in [0.15, 0.2) is 17.3 Å². The Bertz CT molecular complexity index is 1310. The third-order valence-electron chi connectivity index (χ3n) is 5.03. The van der Waals surface area contributed by atoms with Crippen LogP contribution in [-0.2, 0) is 0 Å². The van der Waals surface area contributed by atoms with E-state index in [0.29, 0.717) is 34.1 Å². The minimum atomic E-state index is -0.633. The first kappa shape index (κ1) is 21.8. The number of dihydropyridines is 1. The van der Waals surface area contributed by atoms with Crippen molar-refractivity contribution in [3.8, 4) is 11.4 Å². The monoisotopic (exact) mass is 443 g/mol. The van der Waals surface area contributed by atoms with E-state index in [1.54, 1.807) is 36.0 Å². The average Bonchev–Trinajstić information content (AvgIpc) is 3.11. The van der Waals surface area contributed by atoms with Crippen LogP contribution in [0.15, 0.2) is 84.4 Å². The van der Waals surface area contributed by atoms with Crippen molar-refractivity contribution < 1.29 is 13.9 Å². The molecule has 0 saturated carbocycles. The molecule has 0 bridgehead atoms. The van der Waals surface area contributed by atoms with Gasteiger partial charge in [-0.1, -0.05) is 18.2 Å². The Kier molecular flexibility index (Phi) is 6.17. The molecular weight excluding hydrogens is 421 g/mol. The van der Waals surface area contributed by atoms with Crippen LogP contribution >= 0.6 is 0 Å². The van der Waals surface area contributed by atoms with Crippen molar-refractivity contribution in [3.63, 3.8) is 0 Å². The lowest BCUT2D eigenvalue weighted by atomic mass is 10.1. The molecule has 3 aromatic rings. The fourth-order valence-corrected chi connectivity index (χ4v) is 3.50. The molecule has 166 valence electrons. The lowest BCUT2D eigenvalue weighted by Gasteiger charge is -2.16. The minimum absolute atomic E-state index is 0.00325. The van der Waals surface area contributed by atoms with Crippen LogP contribution in [0, 0.1) is 25.1 Å². The summed E-state index contributed by atoms with van der Waals surface area (Å²) in [5.41, 5.74) is 3.37. The summed E-state index contributed by atoms with van der Waals surface area (Å²) in [6, 6.07) is 13.7. The number of benzene rings is 2. The number of halogens is 1. The van der Waals surface area contributed by atoms with E-state index >= 15 is 0 Å². The summed E-state index contributed by atoms with van der Waals surface area (Å²) in [6.07, 6.45) is 7.67. The summed E-state index contributed by atoms with van der Waals surface area (Å²) in [7, 11) is 0. The Hall–Kier alpha value is -4.46. The Morgan fingerprint density at radius 1 is 1.21 bits per heavy atom. The molecule has 2 aromatic carbocycles. The van der Waals surface area contributed by atoms with Crippen molar-refractivity contribution in [3.05, 3.63) is 107 Å². The highest BCUT2D eigenvalue weighted by molar-refractivity contribution is 6.06. The van der Waals surface area contributed by atoms with E-state index in [9.17, 15) is 9.18 Å². The molecule has 1 aliphatic rings. The van der Waals surface area contributed by atoms with Crippen LogP contribution in [0.3, 0.4) is 0 Å². The molecule has 1 aromatic heterocycles. The molecule has 7 nitrogen and oxygen atoms in total. The van der Waals surface area contributed by atoms with Gasteiger partial charge in [0.2, 0.25) is 0 Å². The minimum Gasteiger partial charge on any atom is -0.452 e. The van der Waals surface area contributed by atoms with Gasteiger partial charge in [0.25, 0.3) is 5.91 Å². The normalized spacial score (nSPS) is 13.9. The Morgan fingerprint density at radius 3 is 2.73 bits per heavy atom. The molecule has 0 fully saturated rings. The summed E-state index contributed by atoms with van der Waals surface area (Å²) >= 11 is 0. The number of nitrogens with zero attached hydrogens (tertiary/aromatic N) is 2. The van der Waals surface area contributed by atoms with Gasteiger partial charge in [-0.05, 0) is 56.3 Å². The maximum absolute atomic E-state index is 14.7. The standard InChI is InChI=1S/C25H22FN5O2/c1-16-24(17(2)31(30-16)19-7-4-3-5-8-19)25(32)29-18-10-11-22(20(26)15-18)33-23-9-6-14-28-21(23)12-13-27/h3-15,27-28H,1-2H3,(H,29,32)/b21-12-,27-13?. The van der Waals surface area contributed by atoms with Crippen molar-refractivity contribution in [2.75, 3.05) is 5.32 Å². The SMILES string of the molecule is Cc1nn(-c2ccccc2)c(C)c1C(=O)Nc1ccc(OC2=CC=CN/C2=C\C=N)c(F)c1. The predicted octanol–water partition coefficient (Wildman–Crippen LogP) is 4.79. The van der Waals surface area contributed by atoms with Gasteiger partial charge in [0.05, 0.1) is 28.3 Å². The number of ether oxygens (including phenoxy) is 1. The number of nitrogens with one attached hydrogen (secondary N) is 3. The van der Waals surface area contributed by atoms with Crippen LogP contribution in [0.2, 0.25) is 0 Å². The highest BCUT2D eigenvalue weighted by Gasteiger charge is 2.20. The number of amides is 1. The van der Waals surface area contributed by atoms with Gasteiger partial charge in [-0.15, -0.1) is 0 Å². The van der Waals surface area contributed by atoms with Crippen LogP contribution in [-0.4, -0.2) is 21.9 Å². The Labute approximate surface area is 190 Å². The van der Waals surface area contributed by atoms with Crippen LogP contribution in [0.5, 0.6) is 5.75 Å². The van der Waals surface area contributed by atoms with Crippen LogP contribution < -0.4 is 15.4 Å². The van der Waals surface area contributed by atoms with E-state index in [0.717, 1.165) is 11.9 Å². The van der Waals surface area contributed by atoms with Gasteiger partial charge in [-0.3, -0.25) is 4.79 Å². The molecular formula is C25H22FN5O2. The van der Waals surface area contributed by atoms with Gasteiger partial charge in [-0.2, -0.15) is 5.10 Å². The predicted molar refractivity (Wildman–Crippen MR) is 125 cm³/mol. The van der Waals surface area contributed by atoms with E-state index in [1.165, 1.54) is 18.2 Å². The Morgan fingerprint density at radius 2 is 2.00 bits per heavy atom. The molecule has 4 rings (SSSR count). The molecule has 1 aliphatic heterocycles. The third kappa shape index (κ3) is 4.59. The maximum Gasteiger partial charge on any atom is 0.259 e. The largest absolute Gasteiger partial charge is 0.452 e. The number of carbonyl (C=O) groups is 1. The highest BCUT2D eigenvalue weighted by atomic mass is 19.1. The number of hydrogen-bond acceptors (Lipinski definition) is 5. The number of allylic oxidation sites excluding steroid dienone is 3. The third-order valence-corrected chi connectivity index (χ3v) is 5.03. The van der Waals surface area contributed by atoms with Gasteiger partial charge >= 0.3 is 0 Å². The van der Waals surface area contributed by atoms with Crippen molar-refractivity contribution in [1.29, 1.82) is 5.41 Å². The zero-order valence-corrected chi connectivity index (χ0v) is 18.1. The van der Waals surface area contributed by atoms with Gasteiger partial charge in [0, 0.05) is 24.2 Å². The molecule has 1 amide bonds. The maximum atomic E-state index is 14.7. The van der Waals surface area contributed by atoms with Crippen molar-refractivity contribution in [1.82, 2.24) is 15.1 Å². The van der Waals surface area contributed by atoms with Crippen molar-refractivity contribution in [2.24, 2.45) is 0 Å². The zero-order chi connectivity index (χ0) is 23.4. The fourth-order valence-electron chi connectivity index (χ4n) is 3.50. The molecule has 0 radical (unpaired) electrons. The second-order valence-corrected chi connectivity index (χ2v) is 7.28. The lowest BCUT2D eigenvalue weighted by molar-refractivity contribution is 0.102. The molecule has 3 N–H and O–H groups in total. The van der Waals surface area contributed by atoms with Gasteiger partial charge in [-0.25, -0.2) is 9.07 Å². The van der Waals surface area contributed by atoms with Crippen LogP contribution in [0.4, 0.5) is 10.1 Å². The number of hydrogen-bond donors (Lipinski definition) is 3. The topological polar surface area (TPSA) is 92.0 Å². The summed E-state index contributed by atoms with van der Waals surface area (Å²) < 4.78 is 22.1. The van der Waals surface area contributed by atoms with Crippen LogP contribution in [0.1, 0.15) is 21.7 Å². The smallest absolute Gasteiger partial charge is 0.259 e. The number of rotatable bonds is 6. The molecule has 33 heavy (non-hydrogen) atoms. The van der Waals surface area contributed by atoms with Gasteiger partial charge < -0.3 is 20.8 Å². The first-order valence-electron chi connectivity index (χ1n) is 10.2. The molecule has 0 spiro atoms. The lowest BCUT2D eigenvalue weighted by Crippen LogP contribution is -2.16. The van der Waals surface area contributed by atoms with E-state index in [2.05, 4.69) is 15.7 Å².